The molecule has 3 rings (SSSR count). The van der Waals surface area contributed by atoms with E-state index in [1.807, 2.05) is 12.1 Å². The second-order valence-electron chi connectivity index (χ2n) is 6.20. The molecule has 1 aliphatic rings. The van der Waals surface area contributed by atoms with E-state index in [9.17, 15) is 18.5 Å². The summed E-state index contributed by atoms with van der Waals surface area (Å²) in [7, 11) is -3.37. The number of sulfonamides is 1. The van der Waals surface area contributed by atoms with Crippen LogP contribution in [0.5, 0.6) is 0 Å². The average Bonchev–Trinajstić information content (AvgIpc) is 2.98. The maximum atomic E-state index is 12.0. The summed E-state index contributed by atoms with van der Waals surface area (Å²) >= 11 is 5.98. The summed E-state index contributed by atoms with van der Waals surface area (Å²) < 4.78 is 25.5. The fourth-order valence-corrected chi connectivity index (χ4v) is 4.23. The lowest BCUT2D eigenvalue weighted by molar-refractivity contribution is -0.384. The Bertz CT molecular complexity index is 932. The summed E-state index contributed by atoms with van der Waals surface area (Å²) in [5.41, 5.74) is 3.26. The van der Waals surface area contributed by atoms with Gasteiger partial charge < -0.3 is 5.32 Å². The van der Waals surface area contributed by atoms with E-state index in [4.69, 9.17) is 11.6 Å². The first-order valence-corrected chi connectivity index (χ1v) is 10.3. The molecule has 0 radical (unpaired) electrons. The fourth-order valence-electron chi connectivity index (χ4n) is 3.00. The zero-order chi connectivity index (χ0) is 18.9. The third-order valence-electron chi connectivity index (χ3n) is 4.36. The molecule has 0 fully saturated rings. The second kappa shape index (κ2) is 7.13. The molecule has 1 aliphatic heterocycles. The average molecular weight is 396 g/mol. The highest BCUT2D eigenvalue weighted by atomic mass is 35.5. The summed E-state index contributed by atoms with van der Waals surface area (Å²) in [5.74, 6) is 0.333. The van der Waals surface area contributed by atoms with Crippen LogP contribution in [0.4, 0.5) is 17.1 Å². The van der Waals surface area contributed by atoms with Crippen LogP contribution in [0.1, 0.15) is 17.0 Å². The molecule has 2 aromatic carbocycles. The van der Waals surface area contributed by atoms with Crippen LogP contribution in [0, 0.1) is 10.1 Å². The molecular weight excluding hydrogens is 378 g/mol. The van der Waals surface area contributed by atoms with Gasteiger partial charge in [0.15, 0.2) is 0 Å². The molecule has 1 unspecified atom stereocenters. The molecule has 1 heterocycles. The van der Waals surface area contributed by atoms with Crippen molar-refractivity contribution >= 4 is 38.7 Å². The van der Waals surface area contributed by atoms with E-state index in [-0.39, 0.29) is 11.6 Å². The normalized spacial score (nSPS) is 16.4. The molecule has 1 atom stereocenters. The first-order chi connectivity index (χ1) is 12.3. The minimum absolute atomic E-state index is 0.0230. The first kappa shape index (κ1) is 18.5. The molecule has 0 aromatic heterocycles. The third-order valence-corrected chi connectivity index (χ3v) is 5.87. The Hall–Kier alpha value is -2.32. The van der Waals surface area contributed by atoms with Crippen LogP contribution < -0.4 is 9.62 Å². The Balaban J connectivity index is 1.79. The van der Waals surface area contributed by atoms with Crippen LogP contribution in [0.2, 0.25) is 0 Å². The smallest absolute Gasteiger partial charge is 0.269 e. The summed E-state index contributed by atoms with van der Waals surface area (Å²) in [4.78, 5) is 10.3. The monoisotopic (exact) mass is 395 g/mol. The molecule has 0 spiro atoms. The zero-order valence-corrected chi connectivity index (χ0v) is 15.6. The molecule has 2 aromatic rings. The van der Waals surface area contributed by atoms with Crippen molar-refractivity contribution < 1.29 is 13.3 Å². The molecule has 0 amide bonds. The van der Waals surface area contributed by atoms with Gasteiger partial charge in [0, 0.05) is 42.7 Å². The van der Waals surface area contributed by atoms with Crippen molar-refractivity contribution in [3.63, 3.8) is 0 Å². The van der Waals surface area contributed by atoms with Gasteiger partial charge in [-0.25, -0.2) is 8.42 Å². The van der Waals surface area contributed by atoms with Gasteiger partial charge in [-0.15, -0.1) is 11.6 Å². The minimum atomic E-state index is -3.37. The van der Waals surface area contributed by atoms with E-state index < -0.39 is 14.9 Å². The molecule has 0 bridgehead atoms. The number of rotatable bonds is 6. The highest BCUT2D eigenvalue weighted by molar-refractivity contribution is 7.92. The molecule has 9 heteroatoms. The number of anilines is 2. The summed E-state index contributed by atoms with van der Waals surface area (Å²) in [6.07, 6.45) is 1.18. The maximum absolute atomic E-state index is 12.0. The van der Waals surface area contributed by atoms with Gasteiger partial charge in [0.25, 0.3) is 5.69 Å². The standard InChI is InChI=1S/C17H18ClN3O4S/c1-26(24,25)20-11-13(9-18)16-7-4-14(8-17(16)20)19-10-12-2-5-15(6-3-12)21(22)23/h2-8,13,19H,9-11H2,1H3. The summed E-state index contributed by atoms with van der Waals surface area (Å²) in [5, 5.41) is 13.9. The topological polar surface area (TPSA) is 92.6 Å². The molecule has 0 aliphatic carbocycles. The second-order valence-corrected chi connectivity index (χ2v) is 8.41. The highest BCUT2D eigenvalue weighted by Gasteiger charge is 2.33. The van der Waals surface area contributed by atoms with Crippen molar-refractivity contribution in [3.8, 4) is 0 Å². The Morgan fingerprint density at radius 3 is 2.54 bits per heavy atom. The van der Waals surface area contributed by atoms with Gasteiger partial charge in [0.1, 0.15) is 0 Å². The third kappa shape index (κ3) is 3.76. The number of nitrogens with one attached hydrogen (secondary N) is 1. The predicted octanol–water partition coefficient (Wildman–Crippen LogP) is 3.31. The van der Waals surface area contributed by atoms with Crippen LogP contribution in [0.25, 0.3) is 0 Å². The van der Waals surface area contributed by atoms with E-state index in [1.54, 1.807) is 18.2 Å². The van der Waals surface area contributed by atoms with Gasteiger partial charge in [-0.2, -0.15) is 0 Å². The largest absolute Gasteiger partial charge is 0.381 e. The van der Waals surface area contributed by atoms with E-state index in [1.165, 1.54) is 22.7 Å². The van der Waals surface area contributed by atoms with Crippen LogP contribution in [0.15, 0.2) is 42.5 Å². The van der Waals surface area contributed by atoms with E-state index in [0.29, 0.717) is 24.7 Å². The van der Waals surface area contributed by atoms with Crippen LogP contribution in [-0.2, 0) is 16.6 Å². The van der Waals surface area contributed by atoms with Gasteiger partial charge in [0.05, 0.1) is 16.9 Å². The minimum Gasteiger partial charge on any atom is -0.381 e. The Morgan fingerprint density at radius 2 is 1.96 bits per heavy atom. The van der Waals surface area contributed by atoms with Gasteiger partial charge in [-0.05, 0) is 23.3 Å². The molecule has 138 valence electrons. The lowest BCUT2D eigenvalue weighted by Gasteiger charge is -2.17. The Labute approximate surface area is 156 Å². The van der Waals surface area contributed by atoms with Crippen molar-refractivity contribution in [2.75, 3.05) is 28.3 Å². The SMILES string of the molecule is CS(=O)(=O)N1CC(CCl)c2ccc(NCc3ccc([N+](=O)[O-])cc3)cc21. The number of fused-ring (bicyclic) bond motifs is 1. The van der Waals surface area contributed by atoms with E-state index in [0.717, 1.165) is 16.8 Å². The van der Waals surface area contributed by atoms with Crippen molar-refractivity contribution in [2.45, 2.75) is 12.5 Å². The van der Waals surface area contributed by atoms with Crippen molar-refractivity contribution in [1.82, 2.24) is 0 Å². The molecule has 0 saturated heterocycles. The van der Waals surface area contributed by atoms with Gasteiger partial charge in [-0.1, -0.05) is 18.2 Å². The van der Waals surface area contributed by atoms with Gasteiger partial charge >= 0.3 is 0 Å². The zero-order valence-electron chi connectivity index (χ0n) is 14.1. The van der Waals surface area contributed by atoms with Gasteiger partial charge in [-0.3, -0.25) is 14.4 Å². The van der Waals surface area contributed by atoms with E-state index in [2.05, 4.69) is 5.32 Å². The van der Waals surface area contributed by atoms with Crippen molar-refractivity contribution in [1.29, 1.82) is 0 Å². The Morgan fingerprint density at radius 1 is 1.27 bits per heavy atom. The number of nitro benzene ring substituents is 1. The summed E-state index contributed by atoms with van der Waals surface area (Å²) in [6, 6.07) is 11.9. The number of hydrogen-bond acceptors (Lipinski definition) is 5. The number of halogens is 1. The number of non-ortho nitro benzene ring substituents is 1. The Kier molecular flexibility index (Phi) is 5.06. The quantitative estimate of drug-likeness (QED) is 0.460. The molecule has 0 saturated carbocycles. The number of alkyl halides is 1. The lowest BCUT2D eigenvalue weighted by atomic mass is 10.0. The first-order valence-electron chi connectivity index (χ1n) is 7.94. The number of hydrogen-bond donors (Lipinski definition) is 1. The molecule has 1 N–H and O–H groups in total. The molecule has 26 heavy (non-hydrogen) atoms. The number of nitro groups is 1. The fraction of sp³-hybridized carbons (Fsp3) is 0.294. The highest BCUT2D eigenvalue weighted by Crippen LogP contribution is 2.40. The molecular formula is C17H18ClN3O4S. The van der Waals surface area contributed by atoms with Crippen LogP contribution in [-0.4, -0.2) is 32.0 Å². The number of benzene rings is 2. The maximum Gasteiger partial charge on any atom is 0.269 e. The predicted molar refractivity (Wildman–Crippen MR) is 103 cm³/mol. The summed E-state index contributed by atoms with van der Waals surface area (Å²) in [6.45, 7) is 0.818. The van der Waals surface area contributed by atoms with Crippen molar-refractivity contribution in [2.24, 2.45) is 0 Å². The number of nitrogens with zero attached hydrogens (tertiary/aromatic N) is 2. The molecule has 7 nitrogen and oxygen atoms in total. The van der Waals surface area contributed by atoms with Crippen LogP contribution in [0.3, 0.4) is 0 Å². The van der Waals surface area contributed by atoms with Crippen molar-refractivity contribution in [3.05, 3.63) is 63.7 Å². The van der Waals surface area contributed by atoms with Crippen LogP contribution >= 0.6 is 11.6 Å². The van der Waals surface area contributed by atoms with Gasteiger partial charge in [0.2, 0.25) is 10.0 Å². The van der Waals surface area contributed by atoms with E-state index >= 15 is 0 Å². The lowest BCUT2D eigenvalue weighted by Crippen LogP contribution is -2.28.